The average molecular weight is 327 g/mol. The number of nitrogens with zero attached hydrogens (tertiary/aromatic N) is 3. The monoisotopic (exact) mass is 327 g/mol. The molecule has 5 heteroatoms. The summed E-state index contributed by atoms with van der Waals surface area (Å²) in [6.07, 6.45) is 9.59. The summed E-state index contributed by atoms with van der Waals surface area (Å²) in [5.41, 5.74) is 1.45. The molecule has 0 spiro atoms. The van der Waals surface area contributed by atoms with Gasteiger partial charge in [0.15, 0.2) is 0 Å². The Kier molecular flexibility index (Phi) is 3.67. The summed E-state index contributed by atoms with van der Waals surface area (Å²) in [7, 11) is 2.34. The van der Waals surface area contributed by atoms with Gasteiger partial charge >= 0.3 is 0 Å². The number of hydrogen-bond acceptors (Lipinski definition) is 4. The number of aromatic nitrogens is 1. The number of rotatable bonds is 4. The van der Waals surface area contributed by atoms with Crippen LogP contribution < -0.4 is 5.32 Å². The fraction of sp³-hybridized carbons (Fsp3) is 0.737. The van der Waals surface area contributed by atoms with Crippen LogP contribution in [0.2, 0.25) is 0 Å². The standard InChI is InChI=1S/C19H29N5/c1-23(11-13-2-3-13)14-6-9-24(12-14)17-5-8-20-16-10-22-19-15(18(16)17)4-7-21-19/h4,7-8,13-14,16-18,21-22H,2-3,5-6,9-12H2,1H3/t14?,16-,17-,18?/m1/s1. The van der Waals surface area contributed by atoms with E-state index in [0.717, 1.165) is 24.9 Å². The minimum atomic E-state index is 0.398. The molecular formula is C19H29N5. The fourth-order valence-corrected chi connectivity index (χ4v) is 5.08. The van der Waals surface area contributed by atoms with Gasteiger partial charge in [0.2, 0.25) is 0 Å². The lowest BCUT2D eigenvalue weighted by Gasteiger charge is -2.42. The normalized spacial score (nSPS) is 35.8. The number of aliphatic imine (C=N–C) groups is 1. The highest BCUT2D eigenvalue weighted by Crippen LogP contribution is 2.41. The van der Waals surface area contributed by atoms with Crippen LogP contribution in [0.25, 0.3) is 0 Å². The zero-order valence-corrected chi connectivity index (χ0v) is 14.6. The van der Waals surface area contributed by atoms with Gasteiger partial charge in [-0.3, -0.25) is 9.89 Å². The highest BCUT2D eigenvalue weighted by Gasteiger charge is 2.42. The van der Waals surface area contributed by atoms with E-state index in [0.29, 0.717) is 18.0 Å². The molecule has 5 rings (SSSR count). The molecule has 1 aromatic rings. The smallest absolute Gasteiger partial charge is 0.106 e. The number of anilines is 1. The van der Waals surface area contributed by atoms with Crippen molar-refractivity contribution in [3.05, 3.63) is 17.8 Å². The van der Waals surface area contributed by atoms with Gasteiger partial charge in [-0.15, -0.1) is 0 Å². The number of nitrogens with one attached hydrogen (secondary N) is 2. The number of fused-ring (bicyclic) bond motifs is 3. The Morgan fingerprint density at radius 3 is 3.12 bits per heavy atom. The second-order valence-corrected chi connectivity index (χ2v) is 8.24. The summed E-state index contributed by atoms with van der Waals surface area (Å²) in [4.78, 5) is 13.6. The van der Waals surface area contributed by atoms with Crippen LogP contribution in [0.15, 0.2) is 17.3 Å². The first-order chi connectivity index (χ1) is 11.8. The van der Waals surface area contributed by atoms with Gasteiger partial charge in [0, 0.05) is 62.2 Å². The molecule has 1 aromatic heterocycles. The highest BCUT2D eigenvalue weighted by molar-refractivity contribution is 5.63. The van der Waals surface area contributed by atoms with E-state index < -0.39 is 0 Å². The van der Waals surface area contributed by atoms with Crippen LogP contribution in [0.1, 0.15) is 37.2 Å². The quantitative estimate of drug-likeness (QED) is 0.891. The molecule has 4 aliphatic rings. The highest BCUT2D eigenvalue weighted by atomic mass is 15.3. The average Bonchev–Trinajstić information content (AvgIpc) is 3.12. The molecule has 0 bridgehead atoms. The molecular weight excluding hydrogens is 298 g/mol. The first kappa shape index (κ1) is 15.0. The molecule has 2 N–H and O–H groups in total. The summed E-state index contributed by atoms with van der Waals surface area (Å²) in [5.74, 6) is 2.76. The van der Waals surface area contributed by atoms with Crippen LogP contribution in [0.4, 0.5) is 5.82 Å². The van der Waals surface area contributed by atoms with Gasteiger partial charge < -0.3 is 15.2 Å². The third kappa shape index (κ3) is 2.58. The van der Waals surface area contributed by atoms with Crippen molar-refractivity contribution in [1.82, 2.24) is 14.8 Å². The molecule has 130 valence electrons. The zero-order chi connectivity index (χ0) is 16.1. The van der Waals surface area contributed by atoms with Crippen molar-refractivity contribution in [2.45, 2.75) is 49.7 Å². The molecule has 4 atom stereocenters. The molecule has 0 amide bonds. The summed E-state index contributed by atoms with van der Waals surface area (Å²) >= 11 is 0. The van der Waals surface area contributed by atoms with Crippen molar-refractivity contribution in [3.8, 4) is 0 Å². The van der Waals surface area contributed by atoms with E-state index in [-0.39, 0.29) is 0 Å². The molecule has 1 saturated heterocycles. The van der Waals surface area contributed by atoms with Crippen LogP contribution in [0.5, 0.6) is 0 Å². The van der Waals surface area contributed by atoms with E-state index >= 15 is 0 Å². The third-order valence-electron chi connectivity index (χ3n) is 6.63. The van der Waals surface area contributed by atoms with Crippen molar-refractivity contribution < 1.29 is 0 Å². The summed E-state index contributed by atoms with van der Waals surface area (Å²) in [6, 6.07) is 4.02. The van der Waals surface area contributed by atoms with Gasteiger partial charge in [-0.05, 0) is 44.7 Å². The van der Waals surface area contributed by atoms with Crippen LogP contribution >= 0.6 is 0 Å². The predicted octanol–water partition coefficient (Wildman–Crippen LogP) is 2.15. The Balaban J connectivity index is 1.32. The van der Waals surface area contributed by atoms with Gasteiger partial charge in [0.1, 0.15) is 5.82 Å². The van der Waals surface area contributed by atoms with E-state index in [9.17, 15) is 0 Å². The lowest BCUT2D eigenvalue weighted by molar-refractivity contribution is 0.169. The van der Waals surface area contributed by atoms with Crippen molar-refractivity contribution in [3.63, 3.8) is 0 Å². The summed E-state index contributed by atoms with van der Waals surface area (Å²) < 4.78 is 0. The molecule has 1 saturated carbocycles. The van der Waals surface area contributed by atoms with E-state index in [4.69, 9.17) is 4.99 Å². The Morgan fingerprint density at radius 1 is 1.33 bits per heavy atom. The molecule has 0 aromatic carbocycles. The second-order valence-electron chi connectivity index (χ2n) is 8.24. The minimum absolute atomic E-state index is 0.398. The summed E-state index contributed by atoms with van der Waals surface area (Å²) in [5, 5.41) is 3.51. The minimum Gasteiger partial charge on any atom is -0.369 e. The van der Waals surface area contributed by atoms with Crippen molar-refractivity contribution in [1.29, 1.82) is 0 Å². The Labute approximate surface area is 144 Å². The van der Waals surface area contributed by atoms with Crippen LogP contribution in [-0.2, 0) is 0 Å². The maximum Gasteiger partial charge on any atom is 0.106 e. The van der Waals surface area contributed by atoms with Crippen LogP contribution in [0, 0.1) is 5.92 Å². The van der Waals surface area contributed by atoms with E-state index in [2.05, 4.69) is 45.6 Å². The first-order valence-electron chi connectivity index (χ1n) is 9.66. The van der Waals surface area contributed by atoms with Crippen molar-refractivity contribution in [2.75, 3.05) is 38.5 Å². The largest absolute Gasteiger partial charge is 0.369 e. The SMILES string of the molecule is CN(CC1CC1)C1CCN([C@@H]2CC=N[C@@H]3CNc4[nH]ccc4C23)C1. The van der Waals surface area contributed by atoms with Gasteiger partial charge in [-0.25, -0.2) is 0 Å². The molecule has 1 aliphatic carbocycles. The zero-order valence-electron chi connectivity index (χ0n) is 14.6. The number of aromatic amines is 1. The molecule has 24 heavy (non-hydrogen) atoms. The fourth-order valence-electron chi connectivity index (χ4n) is 5.08. The van der Waals surface area contributed by atoms with Crippen LogP contribution in [-0.4, -0.2) is 72.4 Å². The second kappa shape index (κ2) is 5.88. The van der Waals surface area contributed by atoms with E-state index in [1.165, 1.54) is 50.3 Å². The topological polar surface area (TPSA) is 46.7 Å². The summed E-state index contributed by atoms with van der Waals surface area (Å²) in [6.45, 7) is 4.75. The van der Waals surface area contributed by atoms with Crippen molar-refractivity contribution in [2.24, 2.45) is 10.9 Å². The number of H-pyrrole nitrogens is 1. The maximum atomic E-state index is 4.81. The van der Waals surface area contributed by atoms with Crippen LogP contribution in [0.3, 0.4) is 0 Å². The lowest BCUT2D eigenvalue weighted by atomic mass is 9.80. The van der Waals surface area contributed by atoms with Gasteiger partial charge in [0.25, 0.3) is 0 Å². The Hall–Kier alpha value is -1.33. The molecule has 2 fully saturated rings. The number of likely N-dealkylation sites (N-methyl/N-ethyl adjacent to an activating group) is 1. The molecule has 2 unspecified atom stereocenters. The molecule has 4 heterocycles. The maximum absolute atomic E-state index is 4.81. The Bertz CT molecular complexity index is 619. The lowest BCUT2D eigenvalue weighted by Crippen LogP contribution is -2.49. The van der Waals surface area contributed by atoms with E-state index in [1.807, 2.05) is 0 Å². The molecule has 0 radical (unpaired) electrons. The van der Waals surface area contributed by atoms with Gasteiger partial charge in [-0.2, -0.15) is 0 Å². The molecule has 3 aliphatic heterocycles. The predicted molar refractivity (Wildman–Crippen MR) is 98.0 cm³/mol. The van der Waals surface area contributed by atoms with Crippen molar-refractivity contribution >= 4 is 12.0 Å². The Morgan fingerprint density at radius 2 is 2.25 bits per heavy atom. The molecule has 5 nitrogen and oxygen atoms in total. The first-order valence-corrected chi connectivity index (χ1v) is 9.66. The number of likely N-dealkylation sites (tertiary alicyclic amines) is 1. The third-order valence-corrected chi connectivity index (χ3v) is 6.63. The number of hydrogen-bond donors (Lipinski definition) is 2. The van der Waals surface area contributed by atoms with Gasteiger partial charge in [0.05, 0.1) is 6.04 Å². The van der Waals surface area contributed by atoms with E-state index in [1.54, 1.807) is 0 Å². The van der Waals surface area contributed by atoms with Gasteiger partial charge in [-0.1, -0.05) is 0 Å².